The zero-order valence-corrected chi connectivity index (χ0v) is 43.4. The van der Waals surface area contributed by atoms with Crippen molar-refractivity contribution in [1.82, 2.24) is 47.1 Å². The topological polar surface area (TPSA) is 430 Å². The first-order chi connectivity index (χ1) is 36.3. The van der Waals surface area contributed by atoms with Crippen LogP contribution in [0.3, 0.4) is 0 Å². The summed E-state index contributed by atoms with van der Waals surface area (Å²) in [5.41, 5.74) is 11.3. The molecule has 76 heavy (non-hydrogen) atoms. The van der Waals surface area contributed by atoms with Crippen molar-refractivity contribution in [3.63, 3.8) is 0 Å². The van der Waals surface area contributed by atoms with Crippen LogP contribution in [0.25, 0.3) is 10.9 Å². The summed E-state index contributed by atoms with van der Waals surface area (Å²) in [6.45, 7) is 4.11. The SMILES string of the molecule is CC[C@H](C)[C@@H]1NC(=O)CNC(=O)C2Cc3c([nH]c4cc(OCCOCCOCCOCCN)ccc34)[S@+]([O-])CC(NC(=O)CNC1=O)C(=O)N[C@@H](CC(N)=O)C(=O)N1CC(O)C[C@H]1C(=O)N[C@@H]([C@@H](C)[C@@H](O)CO)C(=O)N2. The van der Waals surface area contributed by atoms with Crippen LogP contribution in [0.4, 0.5) is 0 Å². The highest BCUT2D eigenvalue weighted by Crippen LogP contribution is 2.32. The highest BCUT2D eigenvalue weighted by Gasteiger charge is 2.45. The summed E-state index contributed by atoms with van der Waals surface area (Å²) in [6, 6.07) is -5.35. The fourth-order valence-corrected chi connectivity index (χ4v) is 10.0. The molecule has 0 saturated carbocycles. The number of carbonyl (C=O) groups is 9. The Labute approximate surface area is 440 Å². The zero-order chi connectivity index (χ0) is 55.6. The molecule has 0 spiro atoms. The van der Waals surface area contributed by atoms with E-state index in [-0.39, 0.29) is 35.9 Å². The second-order valence-electron chi connectivity index (χ2n) is 18.6. The molecule has 2 aromatic rings. The van der Waals surface area contributed by atoms with E-state index in [2.05, 4.69) is 42.2 Å². The minimum Gasteiger partial charge on any atom is -0.610 e. The number of benzene rings is 1. The molecule has 2 bridgehead atoms. The molecule has 29 heteroatoms. The van der Waals surface area contributed by atoms with E-state index in [9.17, 15) is 63.0 Å². The molecule has 0 radical (unpaired) electrons. The van der Waals surface area contributed by atoms with Crippen LogP contribution in [0.15, 0.2) is 23.2 Å². The maximum absolute atomic E-state index is 14.9. The van der Waals surface area contributed by atoms with Crippen molar-refractivity contribution in [2.75, 3.05) is 84.8 Å². The van der Waals surface area contributed by atoms with E-state index in [0.29, 0.717) is 50.5 Å². The smallest absolute Gasteiger partial charge is 0.248 e. The van der Waals surface area contributed by atoms with Crippen LogP contribution in [0.5, 0.6) is 5.75 Å². The van der Waals surface area contributed by atoms with Crippen LogP contribution in [-0.4, -0.2) is 216 Å². The normalized spacial score (nSPS) is 25.9. The van der Waals surface area contributed by atoms with Crippen LogP contribution in [0, 0.1) is 11.8 Å². The molecule has 4 heterocycles. The number of aliphatic hydroxyl groups excluding tert-OH is 3. The van der Waals surface area contributed by atoms with Gasteiger partial charge in [-0.25, -0.2) is 0 Å². The van der Waals surface area contributed by atoms with Crippen LogP contribution < -0.4 is 53.4 Å². The van der Waals surface area contributed by atoms with Crippen LogP contribution in [0.1, 0.15) is 45.6 Å². The number of aliphatic hydroxyl groups is 3. The van der Waals surface area contributed by atoms with Crippen molar-refractivity contribution < 1.29 is 82.0 Å². The lowest BCUT2D eigenvalue weighted by molar-refractivity contribution is -0.144. The van der Waals surface area contributed by atoms with Gasteiger partial charge in [0.2, 0.25) is 58.2 Å². The monoisotopic (exact) mass is 1090 g/mol. The number of hydrogen-bond acceptors (Lipinski definition) is 18. The number of fused-ring (bicyclic) bond motifs is 5. The molecule has 28 nitrogen and oxygen atoms in total. The van der Waals surface area contributed by atoms with Gasteiger partial charge >= 0.3 is 0 Å². The first-order valence-corrected chi connectivity index (χ1v) is 26.3. The maximum atomic E-state index is 14.9. The molecule has 1 saturated heterocycles. The van der Waals surface area contributed by atoms with E-state index in [4.69, 9.17) is 30.4 Å². The van der Waals surface area contributed by atoms with E-state index in [1.54, 1.807) is 32.0 Å². The third-order valence-electron chi connectivity index (χ3n) is 13.0. The van der Waals surface area contributed by atoms with E-state index in [0.717, 1.165) is 4.90 Å². The quantitative estimate of drug-likeness (QED) is 0.0460. The van der Waals surface area contributed by atoms with E-state index in [1.165, 1.54) is 6.92 Å². The molecule has 1 aromatic heterocycles. The average Bonchev–Trinajstić information content (AvgIpc) is 3.97. The lowest BCUT2D eigenvalue weighted by Gasteiger charge is -2.32. The first kappa shape index (κ1) is 60.7. The van der Waals surface area contributed by atoms with E-state index < -0.39 is 176 Å². The van der Waals surface area contributed by atoms with Crippen molar-refractivity contribution in [2.24, 2.45) is 23.3 Å². The molecule has 15 N–H and O–H groups in total. The number of carbonyl (C=O) groups excluding carboxylic acids is 9. The summed E-state index contributed by atoms with van der Waals surface area (Å²) >= 11 is -2.40. The van der Waals surface area contributed by atoms with Gasteiger partial charge in [0.25, 0.3) is 0 Å². The number of H-pyrrole nitrogens is 1. The average molecular weight is 1090 g/mol. The number of nitrogens with two attached hydrogens (primary N) is 2. The van der Waals surface area contributed by atoms with Crippen molar-refractivity contribution in [3.05, 3.63) is 23.8 Å². The van der Waals surface area contributed by atoms with Gasteiger partial charge in [-0.2, -0.15) is 0 Å². The number of rotatable bonds is 19. The molecule has 5 rings (SSSR count). The zero-order valence-electron chi connectivity index (χ0n) is 42.6. The van der Waals surface area contributed by atoms with Gasteiger partial charge in [0.1, 0.15) is 48.3 Å². The minimum absolute atomic E-state index is 0.0772. The highest BCUT2D eigenvalue weighted by atomic mass is 32.2. The molecule has 3 unspecified atom stereocenters. The summed E-state index contributed by atoms with van der Waals surface area (Å²) in [7, 11) is 0. The van der Waals surface area contributed by atoms with E-state index in [1.807, 2.05) is 0 Å². The molecule has 11 atom stereocenters. The van der Waals surface area contributed by atoms with Gasteiger partial charge in [0, 0.05) is 60.0 Å². The maximum Gasteiger partial charge on any atom is 0.248 e. The Morgan fingerprint density at radius 2 is 1.46 bits per heavy atom. The Hall–Kier alpha value is -6.18. The van der Waals surface area contributed by atoms with Gasteiger partial charge < -0.3 is 97.4 Å². The summed E-state index contributed by atoms with van der Waals surface area (Å²) in [5.74, 6) is -11.5. The summed E-state index contributed by atoms with van der Waals surface area (Å²) in [4.78, 5) is 129. The van der Waals surface area contributed by atoms with Crippen LogP contribution in [0.2, 0.25) is 0 Å². The van der Waals surface area contributed by atoms with Gasteiger partial charge in [-0.15, -0.1) is 0 Å². The molecule has 3 aliphatic rings. The van der Waals surface area contributed by atoms with Crippen molar-refractivity contribution in [2.45, 2.75) is 99.9 Å². The predicted molar refractivity (Wildman–Crippen MR) is 268 cm³/mol. The summed E-state index contributed by atoms with van der Waals surface area (Å²) in [6.07, 6.45) is -4.46. The first-order valence-electron chi connectivity index (χ1n) is 25.0. The highest BCUT2D eigenvalue weighted by molar-refractivity contribution is 7.91. The van der Waals surface area contributed by atoms with Gasteiger partial charge in [-0.05, 0) is 18.1 Å². The molecule has 1 fully saturated rings. The van der Waals surface area contributed by atoms with Crippen molar-refractivity contribution >= 4 is 75.2 Å². The third-order valence-corrected chi connectivity index (χ3v) is 14.5. The van der Waals surface area contributed by atoms with E-state index >= 15 is 0 Å². The second-order valence-corrected chi connectivity index (χ2v) is 20.0. The Balaban J connectivity index is 1.63. The standard InChI is InChI=1S/C47H71N11O17S/c1-4-24(2)39-44(68)51-19-37(63)52-33-23-76(71)46-29(28-6-5-27(16-30(28)55-46)75-14-13-74-12-11-73-10-9-72-8-7-48)17-31(41(65)50-20-38(64)56-39)53-45(69)40(25(3)35(61)22-59)57-43(67)34-15-26(60)21-58(34)47(70)32(18-36(49)62)54-42(33)66/h5-6,16,24-26,31-35,39-40,55,59-61H,4,7-15,17-23,48H2,1-3H3,(H2,49,62)(H,50,65)(H,51,68)(H,52,63)(H,53,69)(H,54,66)(H,56,64)(H,57,67)/t24-,25-,26?,31?,32-,33?,34-,35-,39-,40-,76+/m0/s1. The predicted octanol–water partition coefficient (Wildman–Crippen LogP) is -6.24. The number of aromatic amines is 1. The Morgan fingerprint density at radius 3 is 2.11 bits per heavy atom. The van der Waals surface area contributed by atoms with Gasteiger partial charge in [0.15, 0.2) is 6.04 Å². The Bertz CT molecular complexity index is 2380. The summed E-state index contributed by atoms with van der Waals surface area (Å²) < 4.78 is 37.2. The van der Waals surface area contributed by atoms with Gasteiger partial charge in [-0.3, -0.25) is 43.2 Å². The third kappa shape index (κ3) is 16.9. The molecule has 422 valence electrons. The van der Waals surface area contributed by atoms with Gasteiger partial charge in [0.05, 0.1) is 83.5 Å². The fraction of sp³-hybridized carbons (Fsp3) is 0.638. The summed E-state index contributed by atoms with van der Waals surface area (Å²) in [5, 5.41) is 49.1. The molecule has 0 aliphatic carbocycles. The van der Waals surface area contributed by atoms with Crippen molar-refractivity contribution in [1.29, 1.82) is 0 Å². The molecular weight excluding hydrogens is 1020 g/mol. The van der Waals surface area contributed by atoms with Crippen LogP contribution >= 0.6 is 0 Å². The minimum atomic E-state index is -2.40. The molecule has 1 aromatic carbocycles. The number of nitrogens with zero attached hydrogens (tertiary/aromatic N) is 1. The lowest BCUT2D eigenvalue weighted by atomic mass is 9.93. The number of aromatic nitrogens is 1. The lowest BCUT2D eigenvalue weighted by Crippen LogP contribution is -2.62. The number of ether oxygens (including phenoxy) is 4. The van der Waals surface area contributed by atoms with Gasteiger partial charge in [-0.1, -0.05) is 27.2 Å². The number of amides is 9. The second kappa shape index (κ2) is 29.4. The molecular formula is C47H71N11O17S. The number of nitrogens with one attached hydrogen (secondary N) is 8. The Kier molecular flexibility index (Phi) is 23.4. The number of primary amides is 1. The molecule has 3 aliphatic heterocycles. The fourth-order valence-electron chi connectivity index (χ4n) is 8.63. The largest absolute Gasteiger partial charge is 0.610 e. The van der Waals surface area contributed by atoms with Crippen molar-refractivity contribution in [3.8, 4) is 5.75 Å². The molecule has 9 amide bonds. The van der Waals surface area contributed by atoms with Crippen LogP contribution in [-0.2, 0) is 75.0 Å². The number of hydrogen-bond donors (Lipinski definition) is 13. The Morgan fingerprint density at radius 1 is 0.816 bits per heavy atom.